The van der Waals surface area contributed by atoms with E-state index in [4.69, 9.17) is 4.74 Å². The fourth-order valence-electron chi connectivity index (χ4n) is 2.36. The van der Waals surface area contributed by atoms with Crippen LogP contribution in [0.25, 0.3) is 11.0 Å². The van der Waals surface area contributed by atoms with Crippen LogP contribution in [0.2, 0.25) is 0 Å². The highest BCUT2D eigenvalue weighted by atomic mass is 19.4. The summed E-state index contributed by atoms with van der Waals surface area (Å²) in [5, 5.41) is 10.3. The first kappa shape index (κ1) is 16.2. The third kappa shape index (κ3) is 3.30. The van der Waals surface area contributed by atoms with E-state index in [0.717, 1.165) is 12.1 Å². The summed E-state index contributed by atoms with van der Waals surface area (Å²) in [6, 6.07) is 4.61. The Bertz CT molecular complexity index is 833. The number of hydrogen-bond acceptors (Lipinski definition) is 5. The van der Waals surface area contributed by atoms with Crippen molar-refractivity contribution in [1.82, 2.24) is 20.2 Å². The van der Waals surface area contributed by atoms with Gasteiger partial charge >= 0.3 is 6.18 Å². The number of anilines is 1. The highest BCUT2D eigenvalue weighted by Gasteiger charge is 2.31. The van der Waals surface area contributed by atoms with Crippen molar-refractivity contribution < 1.29 is 17.9 Å². The molecule has 9 heteroatoms. The highest BCUT2D eigenvalue weighted by molar-refractivity contribution is 5.85. The fourth-order valence-corrected chi connectivity index (χ4v) is 2.36. The van der Waals surface area contributed by atoms with E-state index in [0.29, 0.717) is 22.4 Å². The molecule has 3 rings (SSSR count). The van der Waals surface area contributed by atoms with Gasteiger partial charge in [0.2, 0.25) is 0 Å². The van der Waals surface area contributed by atoms with Gasteiger partial charge in [-0.1, -0.05) is 12.1 Å². The van der Waals surface area contributed by atoms with E-state index in [-0.39, 0.29) is 6.61 Å². The van der Waals surface area contributed by atoms with Gasteiger partial charge in [0.05, 0.1) is 29.8 Å². The number of alkyl halides is 3. The molecule has 24 heavy (non-hydrogen) atoms. The molecule has 1 atom stereocenters. The van der Waals surface area contributed by atoms with Gasteiger partial charge < -0.3 is 10.1 Å². The van der Waals surface area contributed by atoms with Crippen LogP contribution in [-0.4, -0.2) is 33.9 Å². The standard InChI is InChI=1S/C15H14F3N5O/c1-24-7-12(9-3-2-4-10(5-9)15(16,17)18)22-13-11-6-21-23-14(11)20-8-19-13/h2-6,8,12H,7H2,1H3,(H2,19,20,21,22,23)/t12-/m0/s1. The fraction of sp³-hybridized carbons (Fsp3) is 0.267. The second-order valence-electron chi connectivity index (χ2n) is 5.13. The first-order valence-corrected chi connectivity index (χ1v) is 7.05. The second kappa shape index (κ2) is 6.44. The summed E-state index contributed by atoms with van der Waals surface area (Å²) >= 11 is 0. The quantitative estimate of drug-likeness (QED) is 0.748. The number of benzene rings is 1. The lowest BCUT2D eigenvalue weighted by atomic mass is 10.0. The number of aromatic nitrogens is 4. The van der Waals surface area contributed by atoms with Crippen molar-refractivity contribution in [1.29, 1.82) is 0 Å². The van der Waals surface area contributed by atoms with Gasteiger partial charge in [0.1, 0.15) is 12.1 Å². The Labute approximate surface area is 135 Å². The maximum Gasteiger partial charge on any atom is 0.416 e. The van der Waals surface area contributed by atoms with Crippen LogP contribution in [0.5, 0.6) is 0 Å². The maximum atomic E-state index is 12.9. The average Bonchev–Trinajstić information content (AvgIpc) is 3.03. The van der Waals surface area contributed by atoms with Crippen molar-refractivity contribution in [3.63, 3.8) is 0 Å². The minimum Gasteiger partial charge on any atom is -0.382 e. The summed E-state index contributed by atoms with van der Waals surface area (Å²) in [4.78, 5) is 8.16. The largest absolute Gasteiger partial charge is 0.416 e. The number of nitrogens with zero attached hydrogens (tertiary/aromatic N) is 3. The topological polar surface area (TPSA) is 75.7 Å². The van der Waals surface area contributed by atoms with Crippen LogP contribution < -0.4 is 5.32 Å². The number of rotatable bonds is 5. The summed E-state index contributed by atoms with van der Waals surface area (Å²) in [5.41, 5.74) is 0.272. The Morgan fingerprint density at radius 3 is 2.88 bits per heavy atom. The Morgan fingerprint density at radius 2 is 2.12 bits per heavy atom. The zero-order valence-corrected chi connectivity index (χ0v) is 12.6. The number of hydrogen-bond donors (Lipinski definition) is 2. The molecule has 0 bridgehead atoms. The summed E-state index contributed by atoms with van der Waals surface area (Å²) in [5.74, 6) is 0.466. The van der Waals surface area contributed by atoms with Gasteiger partial charge in [-0.25, -0.2) is 9.97 Å². The number of methoxy groups -OCH3 is 1. The summed E-state index contributed by atoms with van der Waals surface area (Å²) in [6.07, 6.45) is -1.51. The molecule has 0 spiro atoms. The van der Waals surface area contributed by atoms with Gasteiger partial charge in [-0.3, -0.25) is 5.10 Å². The van der Waals surface area contributed by atoms with Crippen LogP contribution in [0.3, 0.4) is 0 Å². The minimum absolute atomic E-state index is 0.171. The molecule has 0 aliphatic rings. The van der Waals surface area contributed by atoms with Gasteiger partial charge in [0.15, 0.2) is 5.65 Å². The molecule has 2 aromatic heterocycles. The molecule has 6 nitrogen and oxygen atoms in total. The monoisotopic (exact) mass is 337 g/mol. The zero-order chi connectivity index (χ0) is 17.2. The van der Waals surface area contributed by atoms with E-state index in [2.05, 4.69) is 25.5 Å². The van der Waals surface area contributed by atoms with Gasteiger partial charge in [-0.2, -0.15) is 18.3 Å². The molecule has 0 unspecified atom stereocenters. The highest BCUT2D eigenvalue weighted by Crippen LogP contribution is 2.32. The molecule has 126 valence electrons. The SMILES string of the molecule is COC[C@H](Nc1ncnc2[nH]ncc12)c1cccc(C(F)(F)F)c1. The van der Waals surface area contributed by atoms with E-state index in [1.807, 2.05) is 0 Å². The molecule has 0 fully saturated rings. The van der Waals surface area contributed by atoms with Crippen molar-refractivity contribution in [3.05, 3.63) is 47.9 Å². The number of nitrogens with one attached hydrogen (secondary N) is 2. The molecular weight excluding hydrogens is 323 g/mol. The first-order valence-electron chi connectivity index (χ1n) is 7.05. The van der Waals surface area contributed by atoms with Crippen LogP contribution in [0.1, 0.15) is 17.2 Å². The van der Waals surface area contributed by atoms with Crippen molar-refractivity contribution in [2.45, 2.75) is 12.2 Å². The van der Waals surface area contributed by atoms with Gasteiger partial charge in [0, 0.05) is 7.11 Å². The second-order valence-corrected chi connectivity index (χ2v) is 5.13. The number of halogens is 3. The Balaban J connectivity index is 1.94. The van der Waals surface area contributed by atoms with E-state index in [1.165, 1.54) is 19.5 Å². The molecule has 0 radical (unpaired) electrons. The van der Waals surface area contributed by atoms with Gasteiger partial charge in [-0.15, -0.1) is 0 Å². The van der Waals surface area contributed by atoms with Crippen LogP contribution in [0.4, 0.5) is 19.0 Å². The molecule has 0 saturated heterocycles. The van der Waals surface area contributed by atoms with Gasteiger partial charge in [0.25, 0.3) is 0 Å². The van der Waals surface area contributed by atoms with Crippen molar-refractivity contribution >= 4 is 16.9 Å². The molecule has 1 aromatic carbocycles. The Kier molecular flexibility index (Phi) is 4.34. The molecule has 0 amide bonds. The van der Waals surface area contributed by atoms with E-state index >= 15 is 0 Å². The lowest BCUT2D eigenvalue weighted by molar-refractivity contribution is -0.137. The minimum atomic E-state index is -4.40. The van der Waals surface area contributed by atoms with Crippen molar-refractivity contribution in [2.75, 3.05) is 19.0 Å². The third-order valence-corrected chi connectivity index (χ3v) is 3.51. The van der Waals surface area contributed by atoms with Gasteiger partial charge in [-0.05, 0) is 17.7 Å². The van der Waals surface area contributed by atoms with Crippen LogP contribution in [0, 0.1) is 0 Å². The van der Waals surface area contributed by atoms with E-state index < -0.39 is 17.8 Å². The van der Waals surface area contributed by atoms with Crippen LogP contribution in [-0.2, 0) is 10.9 Å². The number of fused-ring (bicyclic) bond motifs is 1. The van der Waals surface area contributed by atoms with Crippen molar-refractivity contribution in [3.8, 4) is 0 Å². The molecule has 2 N–H and O–H groups in total. The summed E-state index contributed by atoms with van der Waals surface area (Å²) in [6.45, 7) is 0.171. The number of ether oxygens (including phenoxy) is 1. The van der Waals surface area contributed by atoms with E-state index in [1.54, 1.807) is 12.3 Å². The van der Waals surface area contributed by atoms with Crippen LogP contribution in [0.15, 0.2) is 36.8 Å². The van der Waals surface area contributed by atoms with Crippen LogP contribution >= 0.6 is 0 Å². The number of H-pyrrole nitrogens is 1. The molecule has 2 heterocycles. The predicted molar refractivity (Wildman–Crippen MR) is 81.4 cm³/mol. The normalized spacial score (nSPS) is 13.2. The molecule has 0 aliphatic heterocycles. The predicted octanol–water partition coefficient (Wildman–Crippen LogP) is 3.17. The van der Waals surface area contributed by atoms with E-state index in [9.17, 15) is 13.2 Å². The maximum absolute atomic E-state index is 12.9. The first-order chi connectivity index (χ1) is 11.5. The Hall–Kier alpha value is -2.68. The average molecular weight is 337 g/mol. The third-order valence-electron chi connectivity index (χ3n) is 3.51. The zero-order valence-electron chi connectivity index (χ0n) is 12.6. The molecule has 0 aliphatic carbocycles. The summed E-state index contributed by atoms with van der Waals surface area (Å²) in [7, 11) is 1.48. The summed E-state index contributed by atoms with van der Waals surface area (Å²) < 4.78 is 43.9. The van der Waals surface area contributed by atoms with Crippen molar-refractivity contribution in [2.24, 2.45) is 0 Å². The smallest absolute Gasteiger partial charge is 0.382 e. The Morgan fingerprint density at radius 1 is 1.29 bits per heavy atom. The lowest BCUT2D eigenvalue weighted by Crippen LogP contribution is -2.18. The molecule has 3 aromatic rings. The number of aromatic amines is 1. The molecular formula is C15H14F3N5O. The lowest BCUT2D eigenvalue weighted by Gasteiger charge is -2.20. The molecule has 0 saturated carbocycles.